The van der Waals surface area contributed by atoms with Gasteiger partial charge in [-0.2, -0.15) is 0 Å². The maximum absolute atomic E-state index is 12.6. The van der Waals surface area contributed by atoms with Crippen LogP contribution in [-0.2, 0) is 11.2 Å². The number of likely N-dealkylation sites (tertiary alicyclic amines) is 1. The first kappa shape index (κ1) is 23.4. The Bertz CT molecular complexity index is 893. The highest BCUT2D eigenvalue weighted by Gasteiger charge is 2.22. The maximum Gasteiger partial charge on any atom is 0.244 e. The van der Waals surface area contributed by atoms with Gasteiger partial charge in [0.05, 0.1) is 18.9 Å². The van der Waals surface area contributed by atoms with Gasteiger partial charge in [-0.05, 0) is 56.7 Å². The first-order valence-electron chi connectivity index (χ1n) is 11.4. The van der Waals surface area contributed by atoms with Crippen LogP contribution < -0.4 is 20.5 Å². The summed E-state index contributed by atoms with van der Waals surface area (Å²) in [5.41, 5.74) is 8.07. The van der Waals surface area contributed by atoms with Gasteiger partial charge in [-0.1, -0.05) is 30.3 Å². The van der Waals surface area contributed by atoms with E-state index in [9.17, 15) is 4.79 Å². The molecule has 1 aliphatic heterocycles. The molecular weight excluding hydrogens is 404 g/mol. The van der Waals surface area contributed by atoms with E-state index in [1.807, 2.05) is 43.0 Å². The number of carbonyl (C=O) groups is 1. The number of nitrogens with two attached hydrogens (primary N) is 1. The summed E-state index contributed by atoms with van der Waals surface area (Å²) < 4.78 is 11.2. The summed E-state index contributed by atoms with van der Waals surface area (Å²) in [6.07, 6.45) is 3.10. The number of rotatable bonds is 9. The molecule has 172 valence electrons. The zero-order chi connectivity index (χ0) is 22.8. The summed E-state index contributed by atoms with van der Waals surface area (Å²) in [6.45, 7) is 6.49. The summed E-state index contributed by atoms with van der Waals surface area (Å²) in [5, 5.41) is 3.04. The second-order valence-electron chi connectivity index (χ2n) is 7.86. The molecule has 1 saturated heterocycles. The monoisotopic (exact) mass is 438 g/mol. The van der Waals surface area contributed by atoms with Crippen molar-refractivity contribution in [2.24, 2.45) is 16.6 Å². The van der Waals surface area contributed by atoms with E-state index in [1.165, 1.54) is 5.56 Å². The zero-order valence-corrected chi connectivity index (χ0v) is 19.0. The number of hydrogen-bond acceptors (Lipinski definition) is 4. The van der Waals surface area contributed by atoms with Gasteiger partial charge in [0.2, 0.25) is 5.91 Å². The third-order valence-corrected chi connectivity index (χ3v) is 5.54. The Morgan fingerprint density at radius 3 is 2.50 bits per heavy atom. The van der Waals surface area contributed by atoms with Gasteiger partial charge in [0, 0.05) is 19.2 Å². The van der Waals surface area contributed by atoms with Crippen LogP contribution in [0.3, 0.4) is 0 Å². The van der Waals surface area contributed by atoms with E-state index in [4.69, 9.17) is 15.2 Å². The number of piperidine rings is 1. The molecule has 1 amide bonds. The molecule has 0 unspecified atom stereocenters. The normalized spacial score (nSPS) is 14.8. The van der Waals surface area contributed by atoms with E-state index in [-0.39, 0.29) is 18.4 Å². The first-order valence-corrected chi connectivity index (χ1v) is 11.4. The Morgan fingerprint density at radius 2 is 1.81 bits per heavy atom. The average Bonchev–Trinajstić information content (AvgIpc) is 2.81. The molecule has 1 aliphatic rings. The lowest BCUT2D eigenvalue weighted by atomic mass is 9.90. The highest BCUT2D eigenvalue weighted by Crippen LogP contribution is 2.29. The summed E-state index contributed by atoms with van der Waals surface area (Å²) in [7, 11) is 0. The summed E-state index contributed by atoms with van der Waals surface area (Å²) in [6, 6.07) is 16.0. The Balaban J connectivity index is 1.50. The second-order valence-corrected chi connectivity index (χ2v) is 7.86. The Morgan fingerprint density at radius 1 is 1.09 bits per heavy atom. The molecule has 1 fully saturated rings. The highest BCUT2D eigenvalue weighted by molar-refractivity contribution is 5.95. The van der Waals surface area contributed by atoms with Crippen LogP contribution in [0.1, 0.15) is 32.3 Å². The first-order chi connectivity index (χ1) is 15.6. The number of benzene rings is 2. The number of hydrogen-bond donors (Lipinski definition) is 2. The molecule has 7 heteroatoms. The quantitative estimate of drug-likeness (QED) is 0.460. The van der Waals surface area contributed by atoms with Gasteiger partial charge < -0.3 is 25.4 Å². The molecule has 0 aliphatic carbocycles. The average molecular weight is 439 g/mol. The maximum atomic E-state index is 12.6. The highest BCUT2D eigenvalue weighted by atomic mass is 16.5. The van der Waals surface area contributed by atoms with E-state index in [0.717, 1.165) is 32.4 Å². The van der Waals surface area contributed by atoms with Gasteiger partial charge in [0.15, 0.2) is 5.96 Å². The van der Waals surface area contributed by atoms with Crippen molar-refractivity contribution in [1.29, 1.82) is 0 Å². The second kappa shape index (κ2) is 12.0. The fourth-order valence-corrected chi connectivity index (χ4v) is 3.91. The van der Waals surface area contributed by atoms with Crippen LogP contribution in [0, 0.1) is 5.92 Å². The van der Waals surface area contributed by atoms with Gasteiger partial charge in [-0.15, -0.1) is 0 Å². The van der Waals surface area contributed by atoms with Crippen LogP contribution in [0.15, 0.2) is 53.5 Å². The lowest BCUT2D eigenvalue weighted by Crippen LogP contribution is -2.40. The van der Waals surface area contributed by atoms with Crippen molar-refractivity contribution in [1.82, 2.24) is 4.90 Å². The largest absolute Gasteiger partial charge is 0.494 e. The lowest BCUT2D eigenvalue weighted by molar-refractivity contribution is -0.130. The lowest BCUT2D eigenvalue weighted by Gasteiger charge is -2.31. The van der Waals surface area contributed by atoms with Crippen LogP contribution in [0.5, 0.6) is 11.5 Å². The molecule has 2 aromatic rings. The fraction of sp³-hybridized carbons (Fsp3) is 0.440. The molecule has 32 heavy (non-hydrogen) atoms. The van der Waals surface area contributed by atoms with Gasteiger partial charge in [0.25, 0.3) is 0 Å². The molecule has 7 nitrogen and oxygen atoms in total. The Kier molecular flexibility index (Phi) is 8.78. The van der Waals surface area contributed by atoms with Crippen molar-refractivity contribution in [3.63, 3.8) is 0 Å². The molecule has 0 radical (unpaired) electrons. The third-order valence-electron chi connectivity index (χ3n) is 5.54. The number of aliphatic imine (C=N–C) groups is 1. The van der Waals surface area contributed by atoms with Crippen molar-refractivity contribution in [2.45, 2.75) is 33.1 Å². The van der Waals surface area contributed by atoms with Crippen molar-refractivity contribution in [3.8, 4) is 11.5 Å². The molecule has 1 heterocycles. The smallest absolute Gasteiger partial charge is 0.244 e. The number of ether oxygens (including phenoxy) is 2. The molecule has 0 saturated carbocycles. The molecular formula is C25H34N4O3. The summed E-state index contributed by atoms with van der Waals surface area (Å²) in [4.78, 5) is 18.8. The Hall–Kier alpha value is -3.22. The van der Waals surface area contributed by atoms with Gasteiger partial charge in [-0.3, -0.25) is 4.79 Å². The van der Waals surface area contributed by atoms with Crippen molar-refractivity contribution in [3.05, 3.63) is 54.1 Å². The molecule has 0 bridgehead atoms. The van der Waals surface area contributed by atoms with E-state index in [0.29, 0.717) is 36.3 Å². The number of guanidine groups is 1. The topological polar surface area (TPSA) is 89.2 Å². The Labute approximate surface area is 190 Å². The van der Waals surface area contributed by atoms with Crippen molar-refractivity contribution in [2.75, 3.05) is 38.2 Å². The van der Waals surface area contributed by atoms with E-state index in [1.54, 1.807) is 0 Å². The SMILES string of the molecule is CCOc1ccc(OCC)c(NC(N)=NCC(=O)N2CCC(Cc3ccccc3)CC2)c1. The molecule has 3 rings (SSSR count). The fourth-order valence-electron chi connectivity index (χ4n) is 3.91. The molecule has 0 atom stereocenters. The number of anilines is 1. The predicted octanol–water partition coefficient (Wildman–Crippen LogP) is 3.69. The van der Waals surface area contributed by atoms with Crippen LogP contribution in [0.25, 0.3) is 0 Å². The van der Waals surface area contributed by atoms with Crippen molar-refractivity contribution >= 4 is 17.6 Å². The number of nitrogens with one attached hydrogen (secondary N) is 1. The predicted molar refractivity (Wildman–Crippen MR) is 128 cm³/mol. The molecule has 0 aromatic heterocycles. The molecule has 2 aromatic carbocycles. The van der Waals surface area contributed by atoms with E-state index in [2.05, 4.69) is 34.6 Å². The third kappa shape index (κ3) is 6.90. The number of nitrogens with zero attached hydrogens (tertiary/aromatic N) is 2. The molecule has 3 N–H and O–H groups in total. The van der Waals surface area contributed by atoms with Gasteiger partial charge in [-0.25, -0.2) is 4.99 Å². The van der Waals surface area contributed by atoms with Crippen LogP contribution in [-0.4, -0.2) is 49.6 Å². The molecule has 0 spiro atoms. The zero-order valence-electron chi connectivity index (χ0n) is 19.0. The minimum absolute atomic E-state index is 0.000935. The van der Waals surface area contributed by atoms with Crippen molar-refractivity contribution < 1.29 is 14.3 Å². The standard InChI is InChI=1S/C25H34N4O3/c1-3-31-21-10-11-23(32-4-2)22(17-21)28-25(26)27-18-24(30)29-14-12-20(13-15-29)16-19-8-6-5-7-9-19/h5-11,17,20H,3-4,12-16,18H2,1-2H3,(H3,26,27,28). The van der Waals surface area contributed by atoms with Crippen LogP contribution in [0.2, 0.25) is 0 Å². The number of amides is 1. The van der Waals surface area contributed by atoms with E-state index >= 15 is 0 Å². The van der Waals surface area contributed by atoms with Gasteiger partial charge >= 0.3 is 0 Å². The van der Waals surface area contributed by atoms with Crippen LogP contribution in [0.4, 0.5) is 5.69 Å². The number of carbonyl (C=O) groups excluding carboxylic acids is 1. The van der Waals surface area contributed by atoms with Crippen LogP contribution >= 0.6 is 0 Å². The minimum atomic E-state index is 0.000935. The van der Waals surface area contributed by atoms with E-state index < -0.39 is 0 Å². The summed E-state index contributed by atoms with van der Waals surface area (Å²) >= 11 is 0. The summed E-state index contributed by atoms with van der Waals surface area (Å²) in [5.74, 6) is 2.15. The minimum Gasteiger partial charge on any atom is -0.494 e. The van der Waals surface area contributed by atoms with Gasteiger partial charge in [0.1, 0.15) is 18.0 Å².